The van der Waals surface area contributed by atoms with Crippen LogP contribution in [0, 0.1) is 0 Å². The lowest BCUT2D eigenvalue weighted by Crippen LogP contribution is -2.44. The van der Waals surface area contributed by atoms with Gasteiger partial charge in [0.15, 0.2) is 5.69 Å². The largest absolute Gasteiger partial charge is 0.376 e. The molecule has 2 atom stereocenters. The number of nitrogens with one attached hydrogen (secondary N) is 1. The van der Waals surface area contributed by atoms with Crippen LogP contribution < -0.4 is 5.32 Å². The monoisotopic (exact) mass is 384 g/mol. The van der Waals surface area contributed by atoms with Gasteiger partial charge in [0.25, 0.3) is 11.8 Å². The number of fused-ring (bicyclic) bond motifs is 1. The Labute approximate surface area is 165 Å². The summed E-state index contributed by atoms with van der Waals surface area (Å²) in [5.74, 6) is -0.0342. The number of imidazole rings is 1. The zero-order chi connectivity index (χ0) is 19.5. The average molecular weight is 384 g/mol. The van der Waals surface area contributed by atoms with Crippen LogP contribution in [0.25, 0.3) is 5.52 Å². The van der Waals surface area contributed by atoms with E-state index in [-0.39, 0.29) is 24.0 Å². The molecule has 2 aromatic rings. The third kappa shape index (κ3) is 3.63. The number of hydrogen-bond acceptors (Lipinski definition) is 4. The first-order chi connectivity index (χ1) is 13.7. The molecule has 2 aliphatic heterocycles. The number of rotatable bonds is 5. The molecule has 0 spiro atoms. The summed E-state index contributed by atoms with van der Waals surface area (Å²) in [6.45, 7) is 4.09. The summed E-state index contributed by atoms with van der Waals surface area (Å²) in [5, 5.41) is 2.92. The second-order valence-corrected chi connectivity index (χ2v) is 7.64. The molecular formula is C21H28N4O3. The highest BCUT2D eigenvalue weighted by Crippen LogP contribution is 2.23. The summed E-state index contributed by atoms with van der Waals surface area (Å²) >= 11 is 0. The Balaban J connectivity index is 1.60. The molecule has 2 aromatic heterocycles. The van der Waals surface area contributed by atoms with E-state index in [4.69, 9.17) is 4.74 Å². The first kappa shape index (κ1) is 18.9. The topological polar surface area (TPSA) is 75.9 Å². The van der Waals surface area contributed by atoms with Gasteiger partial charge in [-0.1, -0.05) is 13.0 Å². The first-order valence-corrected chi connectivity index (χ1v) is 10.4. The molecule has 2 aliphatic rings. The van der Waals surface area contributed by atoms with Crippen LogP contribution in [0.15, 0.2) is 24.4 Å². The van der Waals surface area contributed by atoms with E-state index in [1.165, 1.54) is 0 Å². The molecule has 4 heterocycles. The number of piperidine rings is 1. The van der Waals surface area contributed by atoms with Crippen molar-refractivity contribution in [1.29, 1.82) is 0 Å². The summed E-state index contributed by atoms with van der Waals surface area (Å²) < 4.78 is 7.31. The van der Waals surface area contributed by atoms with Crippen LogP contribution in [0.5, 0.6) is 0 Å². The Kier molecular flexibility index (Phi) is 5.62. The normalized spacial score (nSPS) is 22.5. The summed E-state index contributed by atoms with van der Waals surface area (Å²) in [4.78, 5) is 32.5. The summed E-state index contributed by atoms with van der Waals surface area (Å²) in [6, 6.07) is 5.79. The van der Waals surface area contributed by atoms with Crippen LogP contribution >= 0.6 is 0 Å². The SMILES string of the molecule is CCC1CCCCN1C(=O)c1nc(C(=O)NCC2CCCO2)c2ccccn12. The van der Waals surface area contributed by atoms with Crippen molar-refractivity contribution in [3.63, 3.8) is 0 Å². The van der Waals surface area contributed by atoms with E-state index in [9.17, 15) is 9.59 Å². The number of ether oxygens (including phenoxy) is 1. The molecule has 0 radical (unpaired) electrons. The predicted octanol–water partition coefficient (Wildman–Crippen LogP) is 2.65. The van der Waals surface area contributed by atoms with E-state index in [1.54, 1.807) is 10.6 Å². The van der Waals surface area contributed by atoms with E-state index in [1.807, 2.05) is 23.1 Å². The molecule has 0 saturated carbocycles. The van der Waals surface area contributed by atoms with Crippen LogP contribution in [-0.4, -0.2) is 57.9 Å². The van der Waals surface area contributed by atoms with Crippen molar-refractivity contribution in [2.24, 2.45) is 0 Å². The fraction of sp³-hybridized carbons (Fsp3) is 0.571. The Morgan fingerprint density at radius 3 is 2.93 bits per heavy atom. The van der Waals surface area contributed by atoms with Crippen LogP contribution in [0.3, 0.4) is 0 Å². The molecule has 2 unspecified atom stereocenters. The maximum Gasteiger partial charge on any atom is 0.290 e. The fourth-order valence-electron chi connectivity index (χ4n) is 4.27. The Hall–Kier alpha value is -2.41. The third-order valence-corrected chi connectivity index (χ3v) is 5.83. The number of hydrogen-bond donors (Lipinski definition) is 1. The molecule has 150 valence electrons. The van der Waals surface area contributed by atoms with E-state index < -0.39 is 0 Å². The lowest BCUT2D eigenvalue weighted by molar-refractivity contribution is 0.0594. The summed E-state index contributed by atoms with van der Waals surface area (Å²) in [5.41, 5.74) is 0.952. The molecule has 4 rings (SSSR count). The fourth-order valence-corrected chi connectivity index (χ4v) is 4.27. The van der Waals surface area contributed by atoms with Gasteiger partial charge in [-0.15, -0.1) is 0 Å². The van der Waals surface area contributed by atoms with Crippen molar-refractivity contribution in [1.82, 2.24) is 19.6 Å². The van der Waals surface area contributed by atoms with Crippen molar-refractivity contribution in [3.05, 3.63) is 35.9 Å². The van der Waals surface area contributed by atoms with Gasteiger partial charge in [-0.25, -0.2) is 4.98 Å². The van der Waals surface area contributed by atoms with Crippen LogP contribution in [0.2, 0.25) is 0 Å². The summed E-state index contributed by atoms with van der Waals surface area (Å²) in [6.07, 6.45) is 7.99. The number of carbonyl (C=O) groups excluding carboxylic acids is 2. The highest BCUT2D eigenvalue weighted by atomic mass is 16.5. The van der Waals surface area contributed by atoms with Crippen LogP contribution in [0.4, 0.5) is 0 Å². The minimum absolute atomic E-state index is 0.0672. The maximum absolute atomic E-state index is 13.3. The van der Waals surface area contributed by atoms with Gasteiger partial charge in [0, 0.05) is 31.9 Å². The number of amides is 2. The van der Waals surface area contributed by atoms with E-state index in [0.29, 0.717) is 23.6 Å². The number of carbonyl (C=O) groups is 2. The molecule has 7 nitrogen and oxygen atoms in total. The lowest BCUT2D eigenvalue weighted by Gasteiger charge is -2.34. The van der Waals surface area contributed by atoms with Crippen molar-refractivity contribution < 1.29 is 14.3 Å². The van der Waals surface area contributed by atoms with Gasteiger partial charge in [-0.3, -0.25) is 14.0 Å². The molecule has 1 N–H and O–H groups in total. The van der Waals surface area contributed by atoms with Crippen molar-refractivity contribution in [2.75, 3.05) is 19.7 Å². The van der Waals surface area contributed by atoms with Crippen molar-refractivity contribution in [3.8, 4) is 0 Å². The zero-order valence-electron chi connectivity index (χ0n) is 16.4. The van der Waals surface area contributed by atoms with Crippen molar-refractivity contribution >= 4 is 17.3 Å². The average Bonchev–Trinajstić information content (AvgIpc) is 3.39. The van der Waals surface area contributed by atoms with Gasteiger partial charge in [0.05, 0.1) is 11.6 Å². The van der Waals surface area contributed by atoms with Gasteiger partial charge in [-0.2, -0.15) is 0 Å². The predicted molar refractivity (Wildman–Crippen MR) is 105 cm³/mol. The number of pyridine rings is 1. The quantitative estimate of drug-likeness (QED) is 0.860. The van der Waals surface area contributed by atoms with E-state index in [0.717, 1.165) is 51.7 Å². The molecule has 2 amide bonds. The number of aromatic nitrogens is 2. The molecule has 7 heteroatoms. The second-order valence-electron chi connectivity index (χ2n) is 7.64. The molecule has 0 aliphatic carbocycles. The Morgan fingerprint density at radius 2 is 2.14 bits per heavy atom. The zero-order valence-corrected chi connectivity index (χ0v) is 16.4. The molecule has 0 bridgehead atoms. The second kappa shape index (κ2) is 8.31. The lowest BCUT2D eigenvalue weighted by atomic mass is 10.00. The molecule has 2 fully saturated rings. The van der Waals surface area contributed by atoms with Gasteiger partial charge < -0.3 is 15.0 Å². The van der Waals surface area contributed by atoms with Crippen LogP contribution in [-0.2, 0) is 4.74 Å². The number of nitrogens with zero attached hydrogens (tertiary/aromatic N) is 3. The van der Waals surface area contributed by atoms with Crippen LogP contribution in [0.1, 0.15) is 66.6 Å². The highest BCUT2D eigenvalue weighted by molar-refractivity contribution is 6.02. The summed E-state index contributed by atoms with van der Waals surface area (Å²) in [7, 11) is 0. The maximum atomic E-state index is 13.3. The van der Waals surface area contributed by atoms with E-state index >= 15 is 0 Å². The Bertz CT molecular complexity index is 856. The highest BCUT2D eigenvalue weighted by Gasteiger charge is 2.30. The molecule has 0 aromatic carbocycles. The standard InChI is InChI=1S/C21H28N4O3/c1-2-15-8-3-5-11-24(15)21(27)19-23-18(17-10-4-6-12-25(17)19)20(26)22-14-16-9-7-13-28-16/h4,6,10,12,15-16H,2-3,5,7-9,11,13-14H2,1H3,(H,22,26). The molecular weight excluding hydrogens is 356 g/mol. The van der Waals surface area contributed by atoms with Gasteiger partial charge in [0.2, 0.25) is 5.82 Å². The smallest absolute Gasteiger partial charge is 0.290 e. The number of likely N-dealkylation sites (tertiary alicyclic amines) is 1. The van der Waals surface area contributed by atoms with Gasteiger partial charge >= 0.3 is 0 Å². The van der Waals surface area contributed by atoms with Gasteiger partial charge in [-0.05, 0) is 50.7 Å². The van der Waals surface area contributed by atoms with Crippen molar-refractivity contribution in [2.45, 2.75) is 57.6 Å². The van der Waals surface area contributed by atoms with Gasteiger partial charge in [0.1, 0.15) is 0 Å². The third-order valence-electron chi connectivity index (χ3n) is 5.83. The molecule has 28 heavy (non-hydrogen) atoms. The first-order valence-electron chi connectivity index (χ1n) is 10.4. The van der Waals surface area contributed by atoms with E-state index in [2.05, 4.69) is 17.2 Å². The minimum Gasteiger partial charge on any atom is -0.376 e. The Morgan fingerprint density at radius 1 is 1.25 bits per heavy atom. The minimum atomic E-state index is -0.260. The molecule has 2 saturated heterocycles.